The molecule has 0 atom stereocenters. The summed E-state index contributed by atoms with van der Waals surface area (Å²) in [7, 11) is 6.33. The monoisotopic (exact) mass is 233 g/mol. The van der Waals surface area contributed by atoms with Crippen LogP contribution in [0.3, 0.4) is 0 Å². The Bertz CT molecular complexity index is 394. The molecule has 1 aliphatic carbocycles. The van der Waals surface area contributed by atoms with Gasteiger partial charge < -0.3 is 9.80 Å². The third-order valence-electron chi connectivity index (χ3n) is 3.51. The summed E-state index contributed by atoms with van der Waals surface area (Å²) in [4.78, 5) is 9.08. The van der Waals surface area contributed by atoms with Crippen molar-refractivity contribution in [2.45, 2.75) is 38.6 Å². The minimum absolute atomic E-state index is 0.488. The second-order valence-electron chi connectivity index (χ2n) is 5.47. The maximum absolute atomic E-state index is 4.62. The van der Waals surface area contributed by atoms with Crippen LogP contribution in [0, 0.1) is 0 Å². The molecule has 2 rings (SSSR count). The molecule has 0 unspecified atom stereocenters. The van der Waals surface area contributed by atoms with Crippen molar-refractivity contribution in [3.05, 3.63) is 18.0 Å². The highest BCUT2D eigenvalue weighted by molar-refractivity contribution is 5.70. The molecular weight excluding hydrogens is 210 g/mol. The number of aromatic nitrogens is 1. The van der Waals surface area contributed by atoms with Crippen LogP contribution >= 0.6 is 0 Å². The number of nitrogens with zero attached hydrogens (tertiary/aromatic N) is 3. The van der Waals surface area contributed by atoms with Gasteiger partial charge in [0.25, 0.3) is 0 Å². The molecule has 1 aliphatic rings. The Morgan fingerprint density at radius 1 is 1.18 bits per heavy atom. The maximum Gasteiger partial charge on any atom is 0.0790 e. The molecule has 0 bridgehead atoms. The highest BCUT2D eigenvalue weighted by Crippen LogP contribution is 2.41. The van der Waals surface area contributed by atoms with Gasteiger partial charge in [0.15, 0.2) is 0 Å². The van der Waals surface area contributed by atoms with Gasteiger partial charge in [0.05, 0.1) is 17.6 Å². The number of pyridine rings is 1. The fourth-order valence-corrected chi connectivity index (χ4v) is 1.96. The Kier molecular flexibility index (Phi) is 3.27. The largest absolute Gasteiger partial charge is 0.376 e. The van der Waals surface area contributed by atoms with Crippen molar-refractivity contribution in [2.75, 3.05) is 30.9 Å². The average molecular weight is 233 g/mol. The molecular formula is C14H23N3. The quantitative estimate of drug-likeness (QED) is 0.797. The molecule has 0 spiro atoms. The molecule has 3 nitrogen and oxygen atoms in total. The van der Waals surface area contributed by atoms with Crippen LogP contribution in [0.1, 0.15) is 38.3 Å². The summed E-state index contributed by atoms with van der Waals surface area (Å²) >= 11 is 0. The third-order valence-corrected chi connectivity index (χ3v) is 3.51. The first-order valence-corrected chi connectivity index (χ1v) is 6.40. The SMILES string of the molecule is CC(C)N(C)c1cnc(C2CC2)cc1N(C)C. The smallest absolute Gasteiger partial charge is 0.0790 e. The molecule has 0 saturated heterocycles. The Morgan fingerprint density at radius 3 is 2.29 bits per heavy atom. The summed E-state index contributed by atoms with van der Waals surface area (Å²) in [5.41, 5.74) is 3.75. The third kappa shape index (κ3) is 2.54. The molecule has 3 heteroatoms. The van der Waals surface area contributed by atoms with Crippen molar-refractivity contribution >= 4 is 11.4 Å². The minimum atomic E-state index is 0.488. The van der Waals surface area contributed by atoms with E-state index in [1.165, 1.54) is 29.9 Å². The molecule has 0 aromatic carbocycles. The predicted octanol–water partition coefficient (Wildman–Crippen LogP) is 2.87. The molecule has 1 fully saturated rings. The second-order valence-corrected chi connectivity index (χ2v) is 5.47. The van der Waals surface area contributed by atoms with E-state index in [2.05, 4.69) is 55.8 Å². The van der Waals surface area contributed by atoms with Crippen molar-refractivity contribution in [1.82, 2.24) is 4.98 Å². The van der Waals surface area contributed by atoms with E-state index in [9.17, 15) is 0 Å². The number of hydrogen-bond donors (Lipinski definition) is 0. The van der Waals surface area contributed by atoms with E-state index >= 15 is 0 Å². The average Bonchev–Trinajstić information content (AvgIpc) is 3.10. The highest BCUT2D eigenvalue weighted by Gasteiger charge is 2.26. The van der Waals surface area contributed by atoms with Gasteiger partial charge in [0, 0.05) is 38.8 Å². The molecule has 0 N–H and O–H groups in total. The Hall–Kier alpha value is -1.25. The van der Waals surface area contributed by atoms with E-state index in [4.69, 9.17) is 0 Å². The van der Waals surface area contributed by atoms with Crippen LogP contribution < -0.4 is 9.80 Å². The van der Waals surface area contributed by atoms with Gasteiger partial charge in [0.2, 0.25) is 0 Å². The van der Waals surface area contributed by atoms with E-state index in [0.29, 0.717) is 12.0 Å². The standard InChI is InChI=1S/C14H23N3/c1-10(2)17(5)14-9-15-12(11-6-7-11)8-13(14)16(3)4/h8-11H,6-7H2,1-5H3. The first-order valence-electron chi connectivity index (χ1n) is 6.40. The van der Waals surface area contributed by atoms with E-state index in [1.807, 2.05) is 6.20 Å². The second kappa shape index (κ2) is 4.55. The zero-order valence-electron chi connectivity index (χ0n) is 11.6. The first kappa shape index (κ1) is 12.2. The summed E-state index contributed by atoms with van der Waals surface area (Å²) in [6.45, 7) is 4.41. The van der Waals surface area contributed by atoms with Crippen molar-refractivity contribution in [2.24, 2.45) is 0 Å². The molecule has 1 heterocycles. The first-order chi connectivity index (χ1) is 8.00. The van der Waals surface area contributed by atoms with Gasteiger partial charge in [-0.2, -0.15) is 0 Å². The van der Waals surface area contributed by atoms with E-state index in [1.54, 1.807) is 0 Å². The van der Waals surface area contributed by atoms with Crippen LogP contribution in [0.2, 0.25) is 0 Å². The summed E-state index contributed by atoms with van der Waals surface area (Å²) < 4.78 is 0. The van der Waals surface area contributed by atoms with Crippen LogP contribution in [0.25, 0.3) is 0 Å². The number of hydrogen-bond acceptors (Lipinski definition) is 3. The topological polar surface area (TPSA) is 19.4 Å². The van der Waals surface area contributed by atoms with Gasteiger partial charge in [0.1, 0.15) is 0 Å². The summed E-state index contributed by atoms with van der Waals surface area (Å²) in [6.07, 6.45) is 4.64. The van der Waals surface area contributed by atoms with Gasteiger partial charge in [-0.05, 0) is 32.8 Å². The van der Waals surface area contributed by atoms with Gasteiger partial charge in [-0.1, -0.05) is 0 Å². The maximum atomic E-state index is 4.62. The predicted molar refractivity (Wildman–Crippen MR) is 74.1 cm³/mol. The van der Waals surface area contributed by atoms with Crippen LogP contribution in [0.4, 0.5) is 11.4 Å². The fourth-order valence-electron chi connectivity index (χ4n) is 1.96. The normalized spacial score (nSPS) is 15.2. The zero-order valence-corrected chi connectivity index (χ0v) is 11.6. The molecule has 1 aromatic heterocycles. The molecule has 94 valence electrons. The van der Waals surface area contributed by atoms with Gasteiger partial charge in [-0.3, -0.25) is 4.98 Å². The zero-order chi connectivity index (χ0) is 12.6. The Labute approximate surface area is 104 Å². The lowest BCUT2D eigenvalue weighted by atomic mass is 10.2. The molecule has 0 amide bonds. The Morgan fingerprint density at radius 2 is 1.82 bits per heavy atom. The van der Waals surface area contributed by atoms with Crippen LogP contribution in [-0.4, -0.2) is 32.2 Å². The molecule has 0 aliphatic heterocycles. The minimum Gasteiger partial charge on any atom is -0.376 e. The lowest BCUT2D eigenvalue weighted by Gasteiger charge is -2.28. The van der Waals surface area contributed by atoms with E-state index in [-0.39, 0.29) is 0 Å². The summed E-state index contributed by atoms with van der Waals surface area (Å²) in [6, 6.07) is 2.74. The number of anilines is 2. The van der Waals surface area contributed by atoms with Crippen LogP contribution in [-0.2, 0) is 0 Å². The fraction of sp³-hybridized carbons (Fsp3) is 0.643. The molecule has 1 aromatic rings. The van der Waals surface area contributed by atoms with Gasteiger partial charge in [-0.15, -0.1) is 0 Å². The van der Waals surface area contributed by atoms with Crippen molar-refractivity contribution in [1.29, 1.82) is 0 Å². The van der Waals surface area contributed by atoms with E-state index < -0.39 is 0 Å². The van der Waals surface area contributed by atoms with Gasteiger partial charge in [-0.25, -0.2) is 0 Å². The van der Waals surface area contributed by atoms with Crippen LogP contribution in [0.5, 0.6) is 0 Å². The van der Waals surface area contributed by atoms with Crippen molar-refractivity contribution in [3.8, 4) is 0 Å². The highest BCUT2D eigenvalue weighted by atomic mass is 15.2. The lowest BCUT2D eigenvalue weighted by molar-refractivity contribution is 0.750. The lowest BCUT2D eigenvalue weighted by Crippen LogP contribution is -2.28. The van der Waals surface area contributed by atoms with Crippen LogP contribution in [0.15, 0.2) is 12.3 Å². The number of rotatable bonds is 4. The molecule has 0 radical (unpaired) electrons. The summed E-state index contributed by atoms with van der Waals surface area (Å²) in [5.74, 6) is 0.715. The molecule has 1 saturated carbocycles. The van der Waals surface area contributed by atoms with Crippen molar-refractivity contribution < 1.29 is 0 Å². The van der Waals surface area contributed by atoms with E-state index in [0.717, 1.165) is 0 Å². The Balaban J connectivity index is 2.37. The van der Waals surface area contributed by atoms with Gasteiger partial charge >= 0.3 is 0 Å². The summed E-state index contributed by atoms with van der Waals surface area (Å²) in [5, 5.41) is 0. The molecule has 17 heavy (non-hydrogen) atoms. The van der Waals surface area contributed by atoms with Crippen molar-refractivity contribution in [3.63, 3.8) is 0 Å².